The molecule has 0 saturated carbocycles. The number of halogens is 3. The average molecular weight is 524 g/mol. The van der Waals surface area contributed by atoms with Gasteiger partial charge in [-0.15, -0.1) is 0 Å². The van der Waals surface area contributed by atoms with Gasteiger partial charge in [0.1, 0.15) is 0 Å². The van der Waals surface area contributed by atoms with Crippen LogP contribution in [0.25, 0.3) is 11.5 Å². The molecule has 1 aromatic heterocycles. The van der Waals surface area contributed by atoms with E-state index in [1.54, 1.807) is 60.7 Å². The molecule has 0 spiro atoms. The van der Waals surface area contributed by atoms with Crippen LogP contribution in [-0.4, -0.2) is 13.4 Å². The molecule has 0 amide bonds. The van der Waals surface area contributed by atoms with Crippen LogP contribution >= 0.6 is 39.1 Å². The number of anilines is 2. The van der Waals surface area contributed by atoms with Crippen molar-refractivity contribution in [3.05, 3.63) is 87.3 Å². The van der Waals surface area contributed by atoms with E-state index < -0.39 is 9.84 Å². The molecule has 9 heteroatoms. The van der Waals surface area contributed by atoms with Crippen LogP contribution in [0.4, 0.5) is 11.6 Å². The predicted octanol–water partition coefficient (Wildman–Crippen LogP) is 6.99. The number of aromatic nitrogens is 1. The lowest BCUT2D eigenvalue weighted by molar-refractivity contribution is 0.582. The number of hydrogen-bond acceptors (Lipinski definition) is 5. The summed E-state index contributed by atoms with van der Waals surface area (Å²) in [6.07, 6.45) is 0. The molecule has 1 N–H and O–H groups in total. The second-order valence-electron chi connectivity index (χ2n) is 6.22. The number of nitrogens with one attached hydrogen (secondary N) is 1. The van der Waals surface area contributed by atoms with Crippen molar-refractivity contribution in [3.8, 4) is 11.5 Å². The average Bonchev–Trinajstić information content (AvgIpc) is 3.15. The van der Waals surface area contributed by atoms with Crippen molar-refractivity contribution >= 4 is 60.5 Å². The molecular weight excluding hydrogens is 511 g/mol. The summed E-state index contributed by atoms with van der Waals surface area (Å²) >= 11 is 15.5. The van der Waals surface area contributed by atoms with E-state index in [-0.39, 0.29) is 21.7 Å². The van der Waals surface area contributed by atoms with Crippen LogP contribution in [-0.2, 0) is 9.84 Å². The molecule has 0 aliphatic heterocycles. The maximum absolute atomic E-state index is 13.3. The van der Waals surface area contributed by atoms with Gasteiger partial charge in [0.2, 0.25) is 26.6 Å². The Hall–Kier alpha value is -2.32. The van der Waals surface area contributed by atoms with Gasteiger partial charge in [-0.2, -0.15) is 4.98 Å². The number of benzene rings is 3. The number of hydrogen-bond donors (Lipinski definition) is 1. The Bertz CT molecular complexity index is 1310. The second-order valence-corrected chi connectivity index (χ2v) is 9.85. The summed E-state index contributed by atoms with van der Waals surface area (Å²) in [5.41, 5.74) is 1.07. The highest BCUT2D eigenvalue weighted by Crippen LogP contribution is 2.36. The van der Waals surface area contributed by atoms with Crippen LogP contribution in [0.15, 0.2) is 91.6 Å². The third-order valence-corrected chi connectivity index (χ3v) is 6.97. The van der Waals surface area contributed by atoms with Crippen molar-refractivity contribution in [2.45, 2.75) is 9.92 Å². The van der Waals surface area contributed by atoms with Gasteiger partial charge in [0.25, 0.3) is 0 Å². The van der Waals surface area contributed by atoms with Gasteiger partial charge >= 0.3 is 0 Å². The number of nitrogens with zero attached hydrogens (tertiary/aromatic N) is 1. The third-order valence-electron chi connectivity index (χ3n) is 4.18. The van der Waals surface area contributed by atoms with Crippen molar-refractivity contribution < 1.29 is 12.8 Å². The highest BCUT2D eigenvalue weighted by molar-refractivity contribution is 9.10. The normalized spacial score (nSPS) is 11.4. The summed E-state index contributed by atoms with van der Waals surface area (Å²) in [7, 11) is -3.97. The first kappa shape index (κ1) is 20.9. The van der Waals surface area contributed by atoms with Crippen LogP contribution in [0.2, 0.25) is 10.0 Å². The molecule has 0 aliphatic rings. The number of oxazole rings is 1. The molecule has 0 atom stereocenters. The minimum absolute atomic E-state index is 0.0184. The Labute approximate surface area is 191 Å². The fourth-order valence-corrected chi connectivity index (χ4v) is 4.57. The lowest BCUT2D eigenvalue weighted by atomic mass is 10.2. The SMILES string of the molecule is O=S(=O)(c1ccc(Br)cc1)c1nc(-c2ccccc2Cl)oc1Nc1ccc(Cl)cc1. The molecule has 4 rings (SSSR count). The summed E-state index contributed by atoms with van der Waals surface area (Å²) in [4.78, 5) is 4.37. The Morgan fingerprint density at radius 1 is 0.900 bits per heavy atom. The van der Waals surface area contributed by atoms with Gasteiger partial charge in [0.15, 0.2) is 0 Å². The lowest BCUT2D eigenvalue weighted by Crippen LogP contribution is -2.05. The van der Waals surface area contributed by atoms with E-state index in [4.69, 9.17) is 27.6 Å². The van der Waals surface area contributed by atoms with Gasteiger partial charge in [0, 0.05) is 15.2 Å². The van der Waals surface area contributed by atoms with Gasteiger partial charge in [-0.25, -0.2) is 8.42 Å². The minimum atomic E-state index is -3.97. The van der Waals surface area contributed by atoms with Gasteiger partial charge in [-0.05, 0) is 60.7 Å². The maximum Gasteiger partial charge on any atom is 0.238 e. The largest absolute Gasteiger partial charge is 0.419 e. The molecule has 4 aromatic rings. The van der Waals surface area contributed by atoms with E-state index >= 15 is 0 Å². The monoisotopic (exact) mass is 522 g/mol. The standard InChI is InChI=1S/C21H13BrCl2N2O3S/c22-13-5-11-16(12-6-13)30(27,28)21-20(25-15-9-7-14(23)8-10-15)29-19(26-21)17-3-1-2-4-18(17)24/h1-12,25H. The molecule has 0 fully saturated rings. The summed E-state index contributed by atoms with van der Waals surface area (Å²) < 4.78 is 33.2. The van der Waals surface area contributed by atoms with Crippen LogP contribution in [0.1, 0.15) is 0 Å². The first-order chi connectivity index (χ1) is 14.3. The summed E-state index contributed by atoms with van der Waals surface area (Å²) in [5.74, 6) is 0.0721. The third kappa shape index (κ3) is 4.25. The zero-order valence-electron chi connectivity index (χ0n) is 15.1. The maximum atomic E-state index is 13.3. The fourth-order valence-electron chi connectivity index (χ4n) is 2.71. The first-order valence-corrected chi connectivity index (χ1v) is 11.7. The van der Waals surface area contributed by atoms with Crippen LogP contribution in [0.5, 0.6) is 0 Å². The van der Waals surface area contributed by atoms with Gasteiger partial charge in [-0.3, -0.25) is 0 Å². The van der Waals surface area contributed by atoms with Crippen LogP contribution in [0.3, 0.4) is 0 Å². The first-order valence-electron chi connectivity index (χ1n) is 8.63. The Balaban J connectivity index is 1.85. The molecule has 0 saturated heterocycles. The molecule has 0 bridgehead atoms. The number of rotatable bonds is 5. The lowest BCUT2D eigenvalue weighted by Gasteiger charge is -2.06. The van der Waals surface area contributed by atoms with Gasteiger partial charge in [0.05, 0.1) is 15.5 Å². The molecule has 0 unspecified atom stereocenters. The fraction of sp³-hybridized carbons (Fsp3) is 0. The van der Waals surface area contributed by atoms with Gasteiger partial charge < -0.3 is 9.73 Å². The summed E-state index contributed by atoms with van der Waals surface area (Å²) in [5, 5.41) is 3.68. The van der Waals surface area contributed by atoms with Crippen molar-refractivity contribution in [1.82, 2.24) is 4.98 Å². The molecule has 3 aromatic carbocycles. The number of sulfone groups is 1. The predicted molar refractivity (Wildman–Crippen MR) is 121 cm³/mol. The smallest absolute Gasteiger partial charge is 0.238 e. The van der Waals surface area contributed by atoms with Crippen molar-refractivity contribution in [3.63, 3.8) is 0 Å². The van der Waals surface area contributed by atoms with E-state index in [1.807, 2.05) is 0 Å². The van der Waals surface area contributed by atoms with Crippen LogP contribution in [0, 0.1) is 0 Å². The van der Waals surface area contributed by atoms with E-state index in [2.05, 4.69) is 26.2 Å². The van der Waals surface area contributed by atoms with E-state index in [9.17, 15) is 8.42 Å². The zero-order valence-corrected chi connectivity index (χ0v) is 19.1. The van der Waals surface area contributed by atoms with E-state index in [0.29, 0.717) is 21.3 Å². The molecule has 30 heavy (non-hydrogen) atoms. The van der Waals surface area contributed by atoms with E-state index in [0.717, 1.165) is 4.47 Å². The van der Waals surface area contributed by atoms with E-state index in [1.165, 1.54) is 12.1 Å². The molecule has 152 valence electrons. The molecule has 1 heterocycles. The molecule has 0 aliphatic carbocycles. The highest BCUT2D eigenvalue weighted by Gasteiger charge is 2.29. The zero-order chi connectivity index (χ0) is 21.3. The van der Waals surface area contributed by atoms with Crippen LogP contribution < -0.4 is 5.32 Å². The van der Waals surface area contributed by atoms with Crippen molar-refractivity contribution in [2.75, 3.05) is 5.32 Å². The molecule has 5 nitrogen and oxygen atoms in total. The quantitative estimate of drug-likeness (QED) is 0.305. The van der Waals surface area contributed by atoms with Crippen molar-refractivity contribution in [2.24, 2.45) is 0 Å². The Kier molecular flexibility index (Phi) is 5.88. The van der Waals surface area contributed by atoms with Crippen molar-refractivity contribution in [1.29, 1.82) is 0 Å². The summed E-state index contributed by atoms with van der Waals surface area (Å²) in [6, 6.07) is 20.0. The Morgan fingerprint density at radius 3 is 2.23 bits per heavy atom. The Morgan fingerprint density at radius 2 is 1.57 bits per heavy atom. The minimum Gasteiger partial charge on any atom is -0.419 e. The topological polar surface area (TPSA) is 72.2 Å². The second kappa shape index (κ2) is 8.43. The van der Waals surface area contributed by atoms with Gasteiger partial charge in [-0.1, -0.05) is 51.3 Å². The summed E-state index contributed by atoms with van der Waals surface area (Å²) in [6.45, 7) is 0. The highest BCUT2D eigenvalue weighted by atomic mass is 79.9. The molecule has 0 radical (unpaired) electrons. The molecular formula is C21H13BrCl2N2O3S.